The lowest BCUT2D eigenvalue weighted by Gasteiger charge is -1.82. The summed E-state index contributed by atoms with van der Waals surface area (Å²) in [6.45, 7) is 2.08. The van der Waals surface area contributed by atoms with E-state index in [-0.39, 0.29) is 7.43 Å². The maximum absolute atomic E-state index is 2.08. The topological polar surface area (TPSA) is 0 Å². The van der Waals surface area contributed by atoms with Crippen molar-refractivity contribution in [2.75, 3.05) is 0 Å². The van der Waals surface area contributed by atoms with Crippen LogP contribution in [0.1, 0.15) is 5.56 Å². The molecule has 0 saturated carbocycles. The number of hydrogen-bond acceptors (Lipinski definition) is 0. The van der Waals surface area contributed by atoms with E-state index in [0.29, 0.717) is 0 Å². The van der Waals surface area contributed by atoms with Gasteiger partial charge in [0, 0.05) is 0 Å². The van der Waals surface area contributed by atoms with Crippen molar-refractivity contribution >= 4 is 0 Å². The molecule has 0 fully saturated rings. The monoisotopic (exact) mass is 107 g/mol. The molecule has 1 aromatic rings. The fourth-order valence-electron chi connectivity index (χ4n) is 0.534. The molecule has 0 aliphatic rings. The van der Waals surface area contributed by atoms with Crippen molar-refractivity contribution in [3.8, 4) is 0 Å². The van der Waals surface area contributed by atoms with E-state index in [1.54, 1.807) is 0 Å². The summed E-state index contributed by atoms with van der Waals surface area (Å²) in [7, 11) is 0. The second-order valence-electron chi connectivity index (χ2n) is 1.65. The van der Waals surface area contributed by atoms with Crippen molar-refractivity contribution in [3.05, 3.63) is 43.3 Å². The van der Waals surface area contributed by atoms with Gasteiger partial charge in [0.05, 0.1) is 0 Å². The second kappa shape index (κ2) is 3.25. The third-order valence-electron chi connectivity index (χ3n) is 0.940. The Morgan fingerprint density at radius 1 is 1.00 bits per heavy atom. The molecule has 0 unspecified atom stereocenters. The first-order chi connectivity index (χ1) is 3.39. The zero-order valence-corrected chi connectivity index (χ0v) is 5.39. The molecule has 0 aliphatic heterocycles. The quantitative estimate of drug-likeness (QED) is 0.477. The minimum Gasteiger partial charge on any atom is -0.0683 e. The van der Waals surface area contributed by atoms with Gasteiger partial charge in [-0.15, -0.1) is 0 Å². The van der Waals surface area contributed by atoms with Crippen LogP contribution in [-0.4, -0.2) is 0 Å². The predicted octanol–water partition coefficient (Wildman–Crippen LogP) is 2.45. The Morgan fingerprint density at radius 3 is 1.75 bits per heavy atom. The second-order valence-corrected chi connectivity index (χ2v) is 1.65. The highest BCUT2D eigenvalue weighted by Crippen LogP contribution is 1.92. The average molecular weight is 107 g/mol. The Morgan fingerprint density at radius 2 is 1.50 bits per heavy atom. The number of aryl methyl sites for hydroxylation is 1. The SMILES string of the molecule is Cc1ccccc1.[CH3]. The van der Waals surface area contributed by atoms with Crippen LogP contribution in [0.3, 0.4) is 0 Å². The average Bonchev–Trinajstić information content (AvgIpc) is 1.69. The summed E-state index contributed by atoms with van der Waals surface area (Å²) in [4.78, 5) is 0. The first-order valence-electron chi connectivity index (χ1n) is 2.41. The molecule has 1 radical (unpaired) electrons. The van der Waals surface area contributed by atoms with Crippen LogP contribution in [0, 0.1) is 14.4 Å². The molecule has 0 nitrogen and oxygen atoms in total. The fourth-order valence-corrected chi connectivity index (χ4v) is 0.534. The zero-order valence-electron chi connectivity index (χ0n) is 5.39. The molecule has 1 aromatic carbocycles. The van der Waals surface area contributed by atoms with Crippen LogP contribution in [-0.2, 0) is 0 Å². The number of hydrogen-bond donors (Lipinski definition) is 0. The van der Waals surface area contributed by atoms with Crippen LogP contribution >= 0.6 is 0 Å². The van der Waals surface area contributed by atoms with Gasteiger partial charge in [-0.1, -0.05) is 43.3 Å². The molecule has 8 heavy (non-hydrogen) atoms. The molecule has 0 N–H and O–H groups in total. The normalized spacial score (nSPS) is 7.62. The van der Waals surface area contributed by atoms with Crippen LogP contribution < -0.4 is 0 Å². The molecule has 0 amide bonds. The van der Waals surface area contributed by atoms with Crippen LogP contribution in [0.4, 0.5) is 0 Å². The van der Waals surface area contributed by atoms with E-state index in [1.807, 2.05) is 18.2 Å². The summed E-state index contributed by atoms with van der Waals surface area (Å²) in [6, 6.07) is 10.3. The molecule has 0 aromatic heterocycles. The molecule has 1 rings (SSSR count). The standard InChI is InChI=1S/C7H8.CH3/c1-7-5-3-2-4-6-7;/h2-6H,1H3;1H3. The van der Waals surface area contributed by atoms with Crippen LogP contribution in [0.25, 0.3) is 0 Å². The van der Waals surface area contributed by atoms with E-state index in [9.17, 15) is 0 Å². The van der Waals surface area contributed by atoms with Gasteiger partial charge in [0.1, 0.15) is 0 Å². The summed E-state index contributed by atoms with van der Waals surface area (Å²) in [5.41, 5.74) is 1.32. The van der Waals surface area contributed by atoms with Gasteiger partial charge >= 0.3 is 0 Å². The molecule has 0 bridgehead atoms. The molecule has 0 spiro atoms. The van der Waals surface area contributed by atoms with Gasteiger partial charge in [-0.25, -0.2) is 0 Å². The number of benzene rings is 1. The van der Waals surface area contributed by atoms with Gasteiger partial charge in [-0.2, -0.15) is 0 Å². The summed E-state index contributed by atoms with van der Waals surface area (Å²) >= 11 is 0. The predicted molar refractivity (Wildman–Crippen MR) is 37.6 cm³/mol. The lowest BCUT2D eigenvalue weighted by atomic mass is 10.2. The van der Waals surface area contributed by atoms with E-state index in [2.05, 4.69) is 19.1 Å². The first-order valence-corrected chi connectivity index (χ1v) is 2.41. The van der Waals surface area contributed by atoms with E-state index >= 15 is 0 Å². The summed E-state index contributed by atoms with van der Waals surface area (Å²) in [5.74, 6) is 0. The molecule has 0 aliphatic carbocycles. The highest BCUT2D eigenvalue weighted by molar-refractivity contribution is 5.11. The molecule has 0 heteroatoms. The van der Waals surface area contributed by atoms with Gasteiger partial charge in [-0.3, -0.25) is 0 Å². The zero-order chi connectivity index (χ0) is 5.11. The molecule has 0 heterocycles. The van der Waals surface area contributed by atoms with Crippen molar-refractivity contribution < 1.29 is 0 Å². The minimum absolute atomic E-state index is 0. The van der Waals surface area contributed by atoms with Gasteiger partial charge < -0.3 is 0 Å². The maximum atomic E-state index is 2.08. The summed E-state index contributed by atoms with van der Waals surface area (Å²) in [6.07, 6.45) is 0. The minimum atomic E-state index is 0. The lowest BCUT2D eigenvalue weighted by Crippen LogP contribution is -1.62. The molecule has 0 atom stereocenters. The third-order valence-corrected chi connectivity index (χ3v) is 0.940. The smallest absolute Gasteiger partial charge is 0.0398 e. The van der Waals surface area contributed by atoms with Crippen LogP contribution in [0.2, 0.25) is 0 Å². The molecular weight excluding hydrogens is 96.1 g/mol. The van der Waals surface area contributed by atoms with E-state index in [0.717, 1.165) is 0 Å². The Labute approximate surface area is 51.2 Å². The van der Waals surface area contributed by atoms with Crippen LogP contribution in [0.5, 0.6) is 0 Å². The highest BCUT2D eigenvalue weighted by Gasteiger charge is 1.72. The molecule has 43 valence electrons. The Kier molecular flexibility index (Phi) is 2.93. The van der Waals surface area contributed by atoms with Gasteiger partial charge in [0.2, 0.25) is 0 Å². The number of rotatable bonds is 0. The van der Waals surface area contributed by atoms with E-state index in [1.165, 1.54) is 5.56 Å². The Bertz CT molecular complexity index is 130. The largest absolute Gasteiger partial charge is 0.0683 e. The summed E-state index contributed by atoms with van der Waals surface area (Å²) in [5, 5.41) is 0. The van der Waals surface area contributed by atoms with Crippen molar-refractivity contribution in [1.29, 1.82) is 0 Å². The maximum Gasteiger partial charge on any atom is -0.0398 e. The van der Waals surface area contributed by atoms with Gasteiger partial charge in [0.25, 0.3) is 0 Å². The van der Waals surface area contributed by atoms with Crippen molar-refractivity contribution in [3.63, 3.8) is 0 Å². The van der Waals surface area contributed by atoms with Gasteiger partial charge in [-0.05, 0) is 6.92 Å². The first kappa shape index (κ1) is 7.22. The van der Waals surface area contributed by atoms with E-state index in [4.69, 9.17) is 0 Å². The van der Waals surface area contributed by atoms with Gasteiger partial charge in [0.15, 0.2) is 0 Å². The Balaban J connectivity index is 0.000000490. The van der Waals surface area contributed by atoms with Crippen LogP contribution in [0.15, 0.2) is 30.3 Å². The molecule has 0 saturated heterocycles. The van der Waals surface area contributed by atoms with E-state index < -0.39 is 0 Å². The Hall–Kier alpha value is -0.780. The van der Waals surface area contributed by atoms with Crippen molar-refractivity contribution in [1.82, 2.24) is 0 Å². The highest BCUT2D eigenvalue weighted by atomic mass is 13.8. The fraction of sp³-hybridized carbons (Fsp3) is 0.125. The third kappa shape index (κ3) is 1.78. The summed E-state index contributed by atoms with van der Waals surface area (Å²) < 4.78 is 0. The van der Waals surface area contributed by atoms with Crippen molar-refractivity contribution in [2.45, 2.75) is 6.92 Å². The van der Waals surface area contributed by atoms with Crippen molar-refractivity contribution in [2.24, 2.45) is 0 Å². The lowest BCUT2D eigenvalue weighted by molar-refractivity contribution is 1.48. The molecular formula is C8H11.